The highest BCUT2D eigenvalue weighted by atomic mass is 16.6. The smallest absolute Gasteiger partial charge is 0.269 e. The zero-order valence-corrected chi connectivity index (χ0v) is 21.2. The number of aromatic nitrogens is 2. The summed E-state index contributed by atoms with van der Waals surface area (Å²) in [7, 11) is 3.55. The van der Waals surface area contributed by atoms with E-state index in [9.17, 15) is 29.8 Å². The number of carbonyl (C=O) groups excluding carboxylic acids is 2. The highest BCUT2D eigenvalue weighted by Crippen LogP contribution is 2.50. The number of hydrogen-bond donors (Lipinski definition) is 0. The van der Waals surface area contributed by atoms with E-state index < -0.39 is 21.7 Å². The average molecular weight is 537 g/mol. The Hall–Kier alpha value is -5.78. The summed E-state index contributed by atoms with van der Waals surface area (Å²) >= 11 is 0. The fourth-order valence-electron chi connectivity index (χ4n) is 5.14. The van der Waals surface area contributed by atoms with Crippen molar-refractivity contribution >= 4 is 45.7 Å². The molecule has 0 atom stereocenters. The highest BCUT2D eigenvalue weighted by Gasteiger charge is 2.50. The van der Waals surface area contributed by atoms with E-state index in [4.69, 9.17) is 0 Å². The molecule has 0 spiro atoms. The molecule has 0 radical (unpaired) electrons. The lowest BCUT2D eigenvalue weighted by atomic mass is 10.1. The summed E-state index contributed by atoms with van der Waals surface area (Å²) < 4.78 is 3.52. The van der Waals surface area contributed by atoms with Gasteiger partial charge in [-0.25, -0.2) is 0 Å². The van der Waals surface area contributed by atoms with Gasteiger partial charge in [0, 0.05) is 62.1 Å². The number of rotatable bonds is 6. The number of non-ortho nitro benzene ring substituents is 2. The minimum atomic E-state index is -0.529. The predicted molar refractivity (Wildman–Crippen MR) is 146 cm³/mol. The Morgan fingerprint density at radius 2 is 0.925 bits per heavy atom. The summed E-state index contributed by atoms with van der Waals surface area (Å²) in [6, 6.07) is 18.2. The average Bonchev–Trinajstić information content (AvgIpc) is 3.68. The molecule has 0 fully saturated rings. The van der Waals surface area contributed by atoms with E-state index in [-0.39, 0.29) is 22.5 Å². The number of amides is 2. The van der Waals surface area contributed by atoms with E-state index in [1.165, 1.54) is 58.3 Å². The van der Waals surface area contributed by atoms with Gasteiger partial charge in [-0.05, 0) is 48.5 Å². The normalized spacial score (nSPS) is 14.9. The van der Waals surface area contributed by atoms with Crippen LogP contribution >= 0.6 is 0 Å². The predicted octanol–water partition coefficient (Wildman–Crippen LogP) is 4.40. The first-order valence-electron chi connectivity index (χ1n) is 12.1. The molecular weight excluding hydrogens is 516 g/mol. The minimum Gasteiger partial charge on any atom is -0.350 e. The van der Waals surface area contributed by atoms with E-state index >= 15 is 0 Å². The van der Waals surface area contributed by atoms with Crippen LogP contribution in [0.3, 0.4) is 0 Å². The van der Waals surface area contributed by atoms with Gasteiger partial charge in [-0.3, -0.25) is 39.6 Å². The quantitative estimate of drug-likeness (QED) is 0.265. The molecular formula is C28H20N6O6. The fraction of sp³-hybridized carbons (Fsp3) is 0.0714. The number of benzene rings is 2. The maximum atomic E-state index is 14.3. The Balaban J connectivity index is 1.65. The number of nitro groups is 2. The summed E-state index contributed by atoms with van der Waals surface area (Å²) in [5, 5.41) is 22.6. The molecule has 0 bridgehead atoms. The van der Waals surface area contributed by atoms with Gasteiger partial charge in [-0.2, -0.15) is 0 Å². The maximum absolute atomic E-state index is 14.3. The number of aryl methyl sites for hydroxylation is 2. The molecule has 0 saturated heterocycles. The number of hydrogen-bond acceptors (Lipinski definition) is 6. The molecule has 0 saturated carbocycles. The van der Waals surface area contributed by atoms with Gasteiger partial charge in [0.1, 0.15) is 0 Å². The van der Waals surface area contributed by atoms with Crippen molar-refractivity contribution in [3.8, 4) is 0 Å². The SMILES string of the molecule is Cn1cccc1C1=C2C(=C(c3cccn3C)C(=O)N2c2ccc([N+](=O)[O-])cc2)N(c2ccc([N+](=O)[O-])cc2)C1=O. The Kier molecular flexibility index (Phi) is 5.47. The Morgan fingerprint density at radius 3 is 1.20 bits per heavy atom. The van der Waals surface area contributed by atoms with Gasteiger partial charge in [0.15, 0.2) is 0 Å². The third kappa shape index (κ3) is 3.54. The Morgan fingerprint density at radius 1 is 0.575 bits per heavy atom. The van der Waals surface area contributed by atoms with Crippen LogP contribution in [0.5, 0.6) is 0 Å². The monoisotopic (exact) mass is 536 g/mol. The van der Waals surface area contributed by atoms with Crippen LogP contribution in [0, 0.1) is 20.2 Å². The van der Waals surface area contributed by atoms with Crippen LogP contribution in [0.25, 0.3) is 11.1 Å². The van der Waals surface area contributed by atoms with Gasteiger partial charge in [0.05, 0.1) is 43.8 Å². The van der Waals surface area contributed by atoms with Crippen molar-refractivity contribution in [2.24, 2.45) is 14.1 Å². The van der Waals surface area contributed by atoms with E-state index in [0.29, 0.717) is 34.2 Å². The number of carbonyl (C=O) groups is 2. The fourth-order valence-corrected chi connectivity index (χ4v) is 5.14. The zero-order chi connectivity index (χ0) is 28.3. The summed E-state index contributed by atoms with van der Waals surface area (Å²) in [5.41, 5.74) is 2.64. The topological polar surface area (TPSA) is 137 Å². The molecule has 2 aliphatic heterocycles. The zero-order valence-electron chi connectivity index (χ0n) is 21.2. The van der Waals surface area contributed by atoms with Crippen molar-refractivity contribution in [1.29, 1.82) is 0 Å². The van der Waals surface area contributed by atoms with E-state index in [1.807, 2.05) is 0 Å². The van der Waals surface area contributed by atoms with Gasteiger partial charge in [-0.15, -0.1) is 0 Å². The van der Waals surface area contributed by atoms with Gasteiger partial charge in [-0.1, -0.05) is 0 Å². The van der Waals surface area contributed by atoms with Gasteiger partial charge < -0.3 is 9.13 Å². The summed E-state index contributed by atoms with van der Waals surface area (Å²) in [6.45, 7) is 0. The second kappa shape index (κ2) is 8.91. The van der Waals surface area contributed by atoms with Gasteiger partial charge >= 0.3 is 0 Å². The molecule has 198 valence electrons. The van der Waals surface area contributed by atoms with Crippen LogP contribution in [0.1, 0.15) is 11.4 Å². The van der Waals surface area contributed by atoms with Gasteiger partial charge in [0.2, 0.25) is 0 Å². The molecule has 0 aliphatic carbocycles. The lowest BCUT2D eigenvalue weighted by molar-refractivity contribution is -0.385. The third-order valence-corrected chi connectivity index (χ3v) is 7.02. The summed E-state index contributed by atoms with van der Waals surface area (Å²) in [4.78, 5) is 52.8. The number of anilines is 2. The van der Waals surface area contributed by atoms with Crippen molar-refractivity contribution in [2.75, 3.05) is 9.80 Å². The Labute approximate surface area is 226 Å². The molecule has 4 aromatic rings. The van der Waals surface area contributed by atoms with E-state index in [0.717, 1.165) is 0 Å². The standard InChI is InChI=1S/C28H20N6O6/c1-29-15-3-5-21(29)23-25-26(32(27(23)35)18-9-13-20(14-10-18)34(39)40)24(22-6-4-16-30(22)2)28(36)31(25)17-7-11-19(12-8-17)33(37)38/h3-16H,1-2H3. The second-order valence-corrected chi connectivity index (χ2v) is 9.28. The molecule has 2 aromatic carbocycles. The molecule has 12 heteroatoms. The molecule has 6 rings (SSSR count). The Bertz CT molecular complexity index is 1680. The lowest BCUT2D eigenvalue weighted by Crippen LogP contribution is -2.28. The minimum absolute atomic E-state index is 0.141. The van der Waals surface area contributed by atoms with Crippen LogP contribution in [0.4, 0.5) is 22.7 Å². The number of fused-ring (bicyclic) bond motifs is 1. The molecule has 0 N–H and O–H groups in total. The third-order valence-electron chi connectivity index (χ3n) is 7.02. The van der Waals surface area contributed by atoms with Gasteiger partial charge in [0.25, 0.3) is 23.2 Å². The van der Waals surface area contributed by atoms with Crippen LogP contribution in [-0.2, 0) is 23.7 Å². The van der Waals surface area contributed by atoms with Crippen LogP contribution in [0.15, 0.2) is 96.6 Å². The molecule has 2 aliphatic rings. The highest BCUT2D eigenvalue weighted by molar-refractivity contribution is 6.43. The summed E-state index contributed by atoms with van der Waals surface area (Å²) in [6.07, 6.45) is 3.55. The molecule has 4 heterocycles. The largest absolute Gasteiger partial charge is 0.350 e. The van der Waals surface area contributed by atoms with Crippen molar-refractivity contribution in [2.45, 2.75) is 0 Å². The van der Waals surface area contributed by atoms with E-state index in [1.54, 1.807) is 59.9 Å². The summed E-state index contributed by atoms with van der Waals surface area (Å²) in [5.74, 6) is -0.849. The first-order valence-corrected chi connectivity index (χ1v) is 12.1. The molecule has 12 nitrogen and oxygen atoms in total. The first-order chi connectivity index (χ1) is 19.2. The first kappa shape index (κ1) is 24.6. The van der Waals surface area contributed by atoms with Crippen molar-refractivity contribution < 1.29 is 19.4 Å². The lowest BCUT2D eigenvalue weighted by Gasteiger charge is -2.20. The molecule has 2 aromatic heterocycles. The molecule has 0 unspecified atom stereocenters. The molecule has 2 amide bonds. The molecule has 40 heavy (non-hydrogen) atoms. The van der Waals surface area contributed by atoms with Crippen molar-refractivity contribution in [1.82, 2.24) is 9.13 Å². The number of nitro benzene ring substituents is 2. The van der Waals surface area contributed by atoms with E-state index in [2.05, 4.69) is 0 Å². The second-order valence-electron chi connectivity index (χ2n) is 9.28. The van der Waals surface area contributed by atoms with Crippen molar-refractivity contribution in [3.05, 3.63) is 128 Å². The van der Waals surface area contributed by atoms with Crippen LogP contribution in [0.2, 0.25) is 0 Å². The number of nitrogens with zero attached hydrogens (tertiary/aromatic N) is 6. The maximum Gasteiger partial charge on any atom is 0.269 e. The van der Waals surface area contributed by atoms with Crippen LogP contribution in [-0.4, -0.2) is 30.8 Å². The van der Waals surface area contributed by atoms with Crippen molar-refractivity contribution in [3.63, 3.8) is 0 Å². The van der Waals surface area contributed by atoms with Crippen LogP contribution < -0.4 is 9.80 Å².